The molecule has 2 heterocycles. The molecular weight excluding hydrogens is 140 g/mol. The molecule has 0 aliphatic rings. The smallest absolute Gasteiger partial charge is 0.116 e. The van der Waals surface area contributed by atoms with Crippen molar-refractivity contribution in [3.63, 3.8) is 0 Å². The number of nitrogens with zero attached hydrogens (tertiary/aromatic N) is 2. The van der Waals surface area contributed by atoms with Crippen LogP contribution >= 0.6 is 0 Å². The molecule has 0 amide bonds. The summed E-state index contributed by atoms with van der Waals surface area (Å²) in [6.07, 6.45) is 3.36. The lowest BCUT2D eigenvalue weighted by Gasteiger charge is -1.95. The van der Waals surface area contributed by atoms with E-state index in [1.165, 1.54) is 6.33 Å². The van der Waals surface area contributed by atoms with Crippen molar-refractivity contribution in [2.45, 2.75) is 6.54 Å². The zero-order chi connectivity index (χ0) is 7.68. The monoisotopic (exact) mass is 148 g/mol. The van der Waals surface area contributed by atoms with Crippen molar-refractivity contribution in [2.75, 3.05) is 0 Å². The lowest BCUT2D eigenvalue weighted by atomic mass is 10.3. The second kappa shape index (κ2) is 2.32. The van der Waals surface area contributed by atoms with Crippen molar-refractivity contribution < 1.29 is 0 Å². The molecule has 0 aliphatic carbocycles. The van der Waals surface area contributed by atoms with Gasteiger partial charge in [0.05, 0.1) is 16.7 Å². The van der Waals surface area contributed by atoms with E-state index >= 15 is 0 Å². The van der Waals surface area contributed by atoms with Gasteiger partial charge < -0.3 is 10.7 Å². The van der Waals surface area contributed by atoms with Crippen LogP contribution in [0.25, 0.3) is 11.0 Å². The van der Waals surface area contributed by atoms with Crippen LogP contribution in [0.5, 0.6) is 0 Å². The van der Waals surface area contributed by atoms with Crippen LogP contribution in [0.4, 0.5) is 0 Å². The van der Waals surface area contributed by atoms with E-state index < -0.39 is 0 Å². The van der Waals surface area contributed by atoms with Gasteiger partial charge in [0.25, 0.3) is 0 Å². The first-order valence-corrected chi connectivity index (χ1v) is 3.39. The maximum atomic E-state index is 5.46. The van der Waals surface area contributed by atoms with Gasteiger partial charge in [-0.1, -0.05) is 0 Å². The van der Waals surface area contributed by atoms with Crippen molar-refractivity contribution >= 4 is 11.0 Å². The minimum absolute atomic E-state index is 0.444. The van der Waals surface area contributed by atoms with E-state index in [2.05, 4.69) is 15.0 Å². The van der Waals surface area contributed by atoms with Gasteiger partial charge in [-0.15, -0.1) is 0 Å². The Morgan fingerprint density at radius 1 is 1.45 bits per heavy atom. The highest BCUT2D eigenvalue weighted by Crippen LogP contribution is 2.10. The van der Waals surface area contributed by atoms with E-state index in [0.717, 1.165) is 16.7 Å². The first-order valence-electron chi connectivity index (χ1n) is 3.39. The Morgan fingerprint density at radius 3 is 3.18 bits per heavy atom. The Bertz CT molecular complexity index is 365. The summed E-state index contributed by atoms with van der Waals surface area (Å²) < 4.78 is 0. The molecule has 0 aromatic carbocycles. The van der Waals surface area contributed by atoms with Gasteiger partial charge in [0.1, 0.15) is 6.33 Å². The molecule has 3 N–H and O–H groups in total. The minimum atomic E-state index is 0.444. The Hall–Kier alpha value is -1.42. The van der Waals surface area contributed by atoms with E-state index in [0.29, 0.717) is 6.54 Å². The summed E-state index contributed by atoms with van der Waals surface area (Å²) in [5, 5.41) is 0. The van der Waals surface area contributed by atoms with E-state index in [9.17, 15) is 0 Å². The molecule has 0 saturated carbocycles. The predicted molar refractivity (Wildman–Crippen MR) is 41.8 cm³/mol. The van der Waals surface area contributed by atoms with Crippen molar-refractivity contribution in [3.05, 3.63) is 24.3 Å². The third-order valence-electron chi connectivity index (χ3n) is 1.62. The third-order valence-corrected chi connectivity index (χ3v) is 1.62. The van der Waals surface area contributed by atoms with Crippen LogP contribution in [0, 0.1) is 0 Å². The van der Waals surface area contributed by atoms with Gasteiger partial charge in [0, 0.05) is 12.7 Å². The molecule has 0 bridgehead atoms. The summed E-state index contributed by atoms with van der Waals surface area (Å²) in [6, 6.07) is 1.90. The van der Waals surface area contributed by atoms with Gasteiger partial charge in [-0.25, -0.2) is 9.97 Å². The van der Waals surface area contributed by atoms with Gasteiger partial charge in [-0.05, 0) is 6.07 Å². The van der Waals surface area contributed by atoms with E-state index in [-0.39, 0.29) is 0 Å². The number of aromatic amines is 1. The summed E-state index contributed by atoms with van der Waals surface area (Å²) in [6.45, 7) is 0.444. The zero-order valence-electron chi connectivity index (χ0n) is 5.91. The Kier molecular flexibility index (Phi) is 1.33. The number of rotatable bonds is 1. The molecule has 2 aromatic rings. The average molecular weight is 148 g/mol. The van der Waals surface area contributed by atoms with Crippen molar-refractivity contribution in [1.82, 2.24) is 15.0 Å². The Balaban J connectivity index is 2.79. The topological polar surface area (TPSA) is 67.6 Å². The summed E-state index contributed by atoms with van der Waals surface area (Å²) in [5.41, 5.74) is 8.18. The van der Waals surface area contributed by atoms with Crippen molar-refractivity contribution in [2.24, 2.45) is 5.73 Å². The first kappa shape index (κ1) is 6.30. The molecule has 0 fully saturated rings. The number of aromatic nitrogens is 3. The minimum Gasteiger partial charge on any atom is -0.358 e. The van der Waals surface area contributed by atoms with E-state index in [1.54, 1.807) is 0 Å². The molecule has 11 heavy (non-hydrogen) atoms. The van der Waals surface area contributed by atoms with Crippen molar-refractivity contribution in [1.29, 1.82) is 0 Å². The number of nitrogens with one attached hydrogen (secondary N) is 1. The quantitative estimate of drug-likeness (QED) is 0.615. The molecule has 56 valence electrons. The summed E-state index contributed by atoms with van der Waals surface area (Å²) in [7, 11) is 0. The van der Waals surface area contributed by atoms with Crippen LogP contribution in [0.2, 0.25) is 0 Å². The highest BCUT2D eigenvalue weighted by Gasteiger charge is 2.00. The molecule has 0 aliphatic heterocycles. The molecule has 0 unspecified atom stereocenters. The number of hydrogen-bond acceptors (Lipinski definition) is 3. The first-order chi connectivity index (χ1) is 5.42. The lowest BCUT2D eigenvalue weighted by Crippen LogP contribution is -2.00. The molecule has 4 nitrogen and oxygen atoms in total. The lowest BCUT2D eigenvalue weighted by molar-refractivity contribution is 0.985. The molecule has 0 saturated heterocycles. The molecule has 0 atom stereocenters. The predicted octanol–water partition coefficient (Wildman–Crippen LogP) is 0.417. The standard InChI is InChI=1S/C7H8N4/c8-3-6-7-5(1-2-9-7)10-4-11-6/h1-2,4,9H,3,8H2. The molecule has 2 aromatic heterocycles. The number of nitrogens with two attached hydrogens (primary N) is 1. The van der Waals surface area contributed by atoms with Crippen LogP contribution in [0.1, 0.15) is 5.69 Å². The van der Waals surface area contributed by atoms with E-state index in [4.69, 9.17) is 5.73 Å². The van der Waals surface area contributed by atoms with Crippen LogP contribution in [0.15, 0.2) is 18.6 Å². The van der Waals surface area contributed by atoms with Gasteiger partial charge in [-0.2, -0.15) is 0 Å². The molecule has 2 rings (SSSR count). The normalized spacial score (nSPS) is 10.6. The fraction of sp³-hybridized carbons (Fsp3) is 0.143. The maximum absolute atomic E-state index is 5.46. The van der Waals surface area contributed by atoms with Crippen LogP contribution in [-0.2, 0) is 6.54 Å². The average Bonchev–Trinajstić information content (AvgIpc) is 2.50. The Labute approximate surface area is 63.5 Å². The van der Waals surface area contributed by atoms with Crippen LogP contribution < -0.4 is 5.73 Å². The summed E-state index contributed by atoms with van der Waals surface area (Å²) in [4.78, 5) is 11.1. The second-order valence-electron chi connectivity index (χ2n) is 2.26. The van der Waals surface area contributed by atoms with Crippen LogP contribution in [0.3, 0.4) is 0 Å². The molecular formula is C7H8N4. The summed E-state index contributed by atoms with van der Waals surface area (Å²) in [5.74, 6) is 0. The molecule has 0 radical (unpaired) electrons. The molecule has 0 spiro atoms. The third kappa shape index (κ3) is 0.877. The van der Waals surface area contributed by atoms with Gasteiger partial charge >= 0.3 is 0 Å². The van der Waals surface area contributed by atoms with E-state index in [1.807, 2.05) is 12.3 Å². The second-order valence-corrected chi connectivity index (χ2v) is 2.26. The fourth-order valence-corrected chi connectivity index (χ4v) is 1.08. The SMILES string of the molecule is NCc1ncnc2cc[nH]c12. The zero-order valence-corrected chi connectivity index (χ0v) is 5.91. The fourth-order valence-electron chi connectivity index (χ4n) is 1.08. The summed E-state index contributed by atoms with van der Waals surface area (Å²) >= 11 is 0. The molecule has 4 heteroatoms. The van der Waals surface area contributed by atoms with Gasteiger partial charge in [0.2, 0.25) is 0 Å². The van der Waals surface area contributed by atoms with Crippen molar-refractivity contribution in [3.8, 4) is 0 Å². The largest absolute Gasteiger partial charge is 0.358 e. The number of hydrogen-bond donors (Lipinski definition) is 2. The number of H-pyrrole nitrogens is 1. The highest BCUT2D eigenvalue weighted by atomic mass is 14.9. The number of fused-ring (bicyclic) bond motifs is 1. The highest BCUT2D eigenvalue weighted by molar-refractivity contribution is 5.76. The van der Waals surface area contributed by atoms with Gasteiger partial charge in [0.15, 0.2) is 0 Å². The van der Waals surface area contributed by atoms with Crippen LogP contribution in [-0.4, -0.2) is 15.0 Å². The maximum Gasteiger partial charge on any atom is 0.116 e. The Morgan fingerprint density at radius 2 is 2.36 bits per heavy atom. The van der Waals surface area contributed by atoms with Gasteiger partial charge in [-0.3, -0.25) is 0 Å².